The molecule has 0 amide bonds. The van der Waals surface area contributed by atoms with Crippen LogP contribution in [0.25, 0.3) is 0 Å². The van der Waals surface area contributed by atoms with E-state index in [0.717, 1.165) is 24.3 Å². The highest BCUT2D eigenvalue weighted by Gasteiger charge is 2.17. The number of carbonyl (C=O) groups excluding carboxylic acids is 1. The Balaban J connectivity index is 2.18. The number of carbonyl (C=O) groups is 1. The lowest BCUT2D eigenvalue weighted by atomic mass is 10.1. The summed E-state index contributed by atoms with van der Waals surface area (Å²) in [5, 5.41) is 2.93. The number of likely N-dealkylation sites (N-methyl/N-ethyl adjacent to an activating group) is 1. The molecule has 0 saturated carbocycles. The first-order valence-electron chi connectivity index (χ1n) is 13.8. The van der Waals surface area contributed by atoms with E-state index >= 15 is 0 Å². The fourth-order valence-corrected chi connectivity index (χ4v) is 4.51. The molecule has 2 unspecified atom stereocenters. The number of hydrogen-bond acceptors (Lipinski definition) is 7. The fourth-order valence-electron chi connectivity index (χ4n) is 3.90. The van der Waals surface area contributed by atoms with Crippen molar-refractivity contribution < 1.29 is 28.2 Å². The van der Waals surface area contributed by atoms with E-state index in [4.69, 9.17) is 18.5 Å². The van der Waals surface area contributed by atoms with Gasteiger partial charge in [0.15, 0.2) is 0 Å². The standard InChI is InChI=1S/C28H50NO6P/c1-4-5-6-7-8-9-10-11-12-13-14-15-21-32-27-18-16-26(17-19-27)23-28(35-25(2)30)24-34-36(31)33-22-20-29-3/h16-19,28-29,31H,4-15,20-24H2,1-3H3. The van der Waals surface area contributed by atoms with Crippen LogP contribution in [-0.2, 0) is 25.0 Å². The van der Waals surface area contributed by atoms with Gasteiger partial charge in [0.1, 0.15) is 11.9 Å². The largest absolute Gasteiger partial charge is 0.494 e. The van der Waals surface area contributed by atoms with Crippen LogP contribution < -0.4 is 10.1 Å². The van der Waals surface area contributed by atoms with Crippen LogP contribution >= 0.6 is 8.60 Å². The zero-order valence-electron chi connectivity index (χ0n) is 22.8. The van der Waals surface area contributed by atoms with Crippen LogP contribution in [-0.4, -0.2) is 50.4 Å². The van der Waals surface area contributed by atoms with Crippen LogP contribution in [0.4, 0.5) is 0 Å². The number of rotatable bonds is 24. The highest BCUT2D eigenvalue weighted by molar-refractivity contribution is 7.40. The van der Waals surface area contributed by atoms with E-state index in [0.29, 0.717) is 19.6 Å². The van der Waals surface area contributed by atoms with Crippen LogP contribution in [0.5, 0.6) is 5.75 Å². The molecule has 0 aromatic heterocycles. The highest BCUT2D eigenvalue weighted by atomic mass is 31.2. The Labute approximate surface area is 220 Å². The third-order valence-corrected chi connectivity index (χ3v) is 6.68. The SMILES string of the molecule is CCCCCCCCCCCCCCOc1ccc(CC(COP(O)OCCNC)OC(C)=O)cc1. The summed E-state index contributed by atoms with van der Waals surface area (Å²) in [5.74, 6) is 0.461. The molecule has 1 rings (SSSR count). The second kappa shape index (κ2) is 22.9. The summed E-state index contributed by atoms with van der Waals surface area (Å²) in [6.07, 6.45) is 16.0. The molecule has 0 spiro atoms. The average molecular weight is 528 g/mol. The molecule has 2 atom stereocenters. The molecule has 36 heavy (non-hydrogen) atoms. The van der Waals surface area contributed by atoms with Gasteiger partial charge in [-0.25, -0.2) is 0 Å². The molecule has 0 aliphatic heterocycles. The topological polar surface area (TPSA) is 86.2 Å². The van der Waals surface area contributed by atoms with Crippen molar-refractivity contribution in [3.63, 3.8) is 0 Å². The summed E-state index contributed by atoms with van der Waals surface area (Å²) >= 11 is 0. The molecule has 2 N–H and O–H groups in total. The van der Waals surface area contributed by atoms with Crippen LogP contribution in [0.1, 0.15) is 96.5 Å². The van der Waals surface area contributed by atoms with E-state index in [-0.39, 0.29) is 12.6 Å². The fraction of sp³-hybridized carbons (Fsp3) is 0.750. The Morgan fingerprint density at radius 2 is 1.47 bits per heavy atom. The van der Waals surface area contributed by atoms with Crippen molar-refractivity contribution >= 4 is 14.6 Å². The van der Waals surface area contributed by atoms with Crippen LogP contribution in [0.3, 0.4) is 0 Å². The zero-order valence-corrected chi connectivity index (χ0v) is 23.7. The lowest BCUT2D eigenvalue weighted by Crippen LogP contribution is -2.24. The molecular formula is C28H50NO6P. The summed E-state index contributed by atoms with van der Waals surface area (Å²) in [6, 6.07) is 7.83. The lowest BCUT2D eigenvalue weighted by Gasteiger charge is -2.19. The molecule has 0 heterocycles. The number of esters is 1. The molecule has 0 fully saturated rings. The minimum atomic E-state index is -2.00. The van der Waals surface area contributed by atoms with Gasteiger partial charge in [-0.15, -0.1) is 0 Å². The van der Waals surface area contributed by atoms with Gasteiger partial charge < -0.3 is 28.7 Å². The highest BCUT2D eigenvalue weighted by Crippen LogP contribution is 2.32. The van der Waals surface area contributed by atoms with Crippen LogP contribution in [0.15, 0.2) is 24.3 Å². The van der Waals surface area contributed by atoms with Gasteiger partial charge in [-0.05, 0) is 31.2 Å². The maximum atomic E-state index is 11.5. The number of nitrogens with one attached hydrogen (secondary N) is 1. The molecule has 1 aromatic carbocycles. The number of hydrogen-bond donors (Lipinski definition) is 2. The molecule has 0 aliphatic carbocycles. The van der Waals surface area contributed by atoms with E-state index < -0.39 is 14.7 Å². The molecule has 7 nitrogen and oxygen atoms in total. The quantitative estimate of drug-likeness (QED) is 0.0877. The lowest BCUT2D eigenvalue weighted by molar-refractivity contribution is -0.147. The first-order valence-corrected chi connectivity index (χ1v) is 15.0. The van der Waals surface area contributed by atoms with Gasteiger partial charge in [0.25, 0.3) is 0 Å². The van der Waals surface area contributed by atoms with Crippen LogP contribution in [0.2, 0.25) is 0 Å². The minimum absolute atomic E-state index is 0.0680. The average Bonchev–Trinajstić information content (AvgIpc) is 2.86. The van der Waals surface area contributed by atoms with Crippen molar-refractivity contribution in [1.82, 2.24) is 5.32 Å². The predicted molar refractivity (Wildman–Crippen MR) is 147 cm³/mol. The molecule has 0 bridgehead atoms. The number of unbranched alkanes of at least 4 members (excludes halogenated alkanes) is 11. The van der Waals surface area contributed by atoms with Crippen molar-refractivity contribution in [2.75, 3.05) is 33.4 Å². The second-order valence-corrected chi connectivity index (χ2v) is 10.3. The summed E-state index contributed by atoms with van der Waals surface area (Å²) in [6.45, 7) is 5.39. The van der Waals surface area contributed by atoms with E-state index in [9.17, 15) is 9.69 Å². The van der Waals surface area contributed by atoms with E-state index in [1.165, 1.54) is 77.6 Å². The van der Waals surface area contributed by atoms with Gasteiger partial charge in [0.05, 0.1) is 19.8 Å². The summed E-state index contributed by atoms with van der Waals surface area (Å²) < 4.78 is 21.8. The molecule has 208 valence electrons. The van der Waals surface area contributed by atoms with Crippen LogP contribution in [0, 0.1) is 0 Å². The molecule has 0 saturated heterocycles. The van der Waals surface area contributed by atoms with Gasteiger partial charge in [-0.3, -0.25) is 4.79 Å². The van der Waals surface area contributed by atoms with E-state index in [1.54, 1.807) is 7.05 Å². The van der Waals surface area contributed by atoms with Gasteiger partial charge in [-0.1, -0.05) is 89.7 Å². The Bertz CT molecular complexity index is 645. The normalized spacial score (nSPS) is 12.9. The third-order valence-electron chi connectivity index (χ3n) is 5.91. The Hall–Kier alpha value is -1.24. The van der Waals surface area contributed by atoms with Gasteiger partial charge in [0, 0.05) is 19.9 Å². The Morgan fingerprint density at radius 3 is 2.03 bits per heavy atom. The monoisotopic (exact) mass is 527 g/mol. The summed E-state index contributed by atoms with van der Waals surface area (Å²) in [4.78, 5) is 21.3. The minimum Gasteiger partial charge on any atom is -0.494 e. The van der Waals surface area contributed by atoms with Crippen molar-refractivity contribution in [2.24, 2.45) is 0 Å². The smallest absolute Gasteiger partial charge is 0.330 e. The van der Waals surface area contributed by atoms with Crippen molar-refractivity contribution in [3.8, 4) is 5.75 Å². The number of ether oxygens (including phenoxy) is 2. The Kier molecular flexibility index (Phi) is 20.9. The first kappa shape index (κ1) is 32.8. The molecular weight excluding hydrogens is 477 g/mol. The molecule has 0 radical (unpaired) electrons. The summed E-state index contributed by atoms with van der Waals surface area (Å²) in [7, 11) is -0.198. The number of benzene rings is 1. The molecule has 8 heteroatoms. The molecule has 1 aromatic rings. The molecule has 0 aliphatic rings. The zero-order chi connectivity index (χ0) is 26.3. The summed E-state index contributed by atoms with van der Waals surface area (Å²) in [5.41, 5.74) is 1.00. The van der Waals surface area contributed by atoms with Crippen molar-refractivity contribution in [3.05, 3.63) is 29.8 Å². The third kappa shape index (κ3) is 18.9. The van der Waals surface area contributed by atoms with E-state index in [1.807, 2.05) is 24.3 Å². The Morgan fingerprint density at radius 1 is 0.889 bits per heavy atom. The second-order valence-electron chi connectivity index (χ2n) is 9.29. The maximum absolute atomic E-state index is 11.5. The van der Waals surface area contributed by atoms with Gasteiger partial charge in [-0.2, -0.15) is 0 Å². The van der Waals surface area contributed by atoms with Crippen molar-refractivity contribution in [2.45, 2.75) is 103 Å². The van der Waals surface area contributed by atoms with Gasteiger partial charge >= 0.3 is 14.6 Å². The first-order chi connectivity index (χ1) is 17.5. The predicted octanol–water partition coefficient (Wildman–Crippen LogP) is 6.71. The maximum Gasteiger partial charge on any atom is 0.330 e. The van der Waals surface area contributed by atoms with E-state index in [2.05, 4.69) is 12.2 Å². The van der Waals surface area contributed by atoms with Gasteiger partial charge in [0.2, 0.25) is 0 Å². The van der Waals surface area contributed by atoms with Crippen molar-refractivity contribution in [1.29, 1.82) is 0 Å².